The Hall–Kier alpha value is -3.41. The lowest BCUT2D eigenvalue weighted by Crippen LogP contribution is -2.50. The summed E-state index contributed by atoms with van der Waals surface area (Å²) in [6, 6.07) is 18.4. The lowest BCUT2D eigenvalue weighted by molar-refractivity contribution is -0.127. The summed E-state index contributed by atoms with van der Waals surface area (Å²) in [5, 5.41) is 9.91. The molecule has 2 aromatic carbocycles. The number of aryl methyl sites for hydroxylation is 1. The standard InChI is InChI=1S/C24H24N4O3S/c25-13-6-14-27-19-20(22-9-4-5-10-23(22)27)11-12-24(29)26-15-17-28(18-16-26)32(30,31)21-7-2-1-3-8-21/h1-5,7-12,19H,6,14-18H2. The molecule has 0 bridgehead atoms. The zero-order chi connectivity index (χ0) is 22.6. The van der Waals surface area contributed by atoms with Crippen LogP contribution in [0.25, 0.3) is 17.0 Å². The zero-order valence-corrected chi connectivity index (χ0v) is 18.4. The highest BCUT2D eigenvalue weighted by Crippen LogP contribution is 2.23. The maximum absolute atomic E-state index is 12.8. The zero-order valence-electron chi connectivity index (χ0n) is 17.6. The second-order valence-electron chi connectivity index (χ2n) is 7.58. The molecule has 4 rings (SSSR count). The average Bonchev–Trinajstić information content (AvgIpc) is 3.19. The second-order valence-corrected chi connectivity index (χ2v) is 9.52. The Balaban J connectivity index is 1.43. The molecule has 1 saturated heterocycles. The summed E-state index contributed by atoms with van der Waals surface area (Å²) in [6.45, 7) is 1.82. The first kappa shape index (κ1) is 21.8. The van der Waals surface area contributed by atoms with Crippen molar-refractivity contribution >= 4 is 32.9 Å². The molecule has 0 saturated carbocycles. The van der Waals surface area contributed by atoms with E-state index in [-0.39, 0.29) is 23.9 Å². The predicted molar refractivity (Wildman–Crippen MR) is 123 cm³/mol. The molecule has 1 amide bonds. The number of fused-ring (bicyclic) bond motifs is 1. The molecular weight excluding hydrogens is 424 g/mol. The van der Waals surface area contributed by atoms with Gasteiger partial charge in [-0.2, -0.15) is 9.57 Å². The summed E-state index contributed by atoms with van der Waals surface area (Å²) in [6.07, 6.45) is 5.70. The fourth-order valence-corrected chi connectivity index (χ4v) is 5.36. The lowest BCUT2D eigenvalue weighted by atomic mass is 10.1. The van der Waals surface area contributed by atoms with Gasteiger partial charge in [0.1, 0.15) is 0 Å². The number of carbonyl (C=O) groups excluding carboxylic acids is 1. The highest BCUT2D eigenvalue weighted by molar-refractivity contribution is 7.89. The molecule has 1 aliphatic heterocycles. The van der Waals surface area contributed by atoms with Gasteiger partial charge in [0.2, 0.25) is 15.9 Å². The van der Waals surface area contributed by atoms with Gasteiger partial charge in [-0.25, -0.2) is 8.42 Å². The quantitative estimate of drug-likeness (QED) is 0.542. The number of nitriles is 1. The van der Waals surface area contributed by atoms with Crippen LogP contribution in [0.3, 0.4) is 0 Å². The molecule has 0 unspecified atom stereocenters. The Kier molecular flexibility index (Phi) is 6.40. The van der Waals surface area contributed by atoms with Crippen LogP contribution in [0.2, 0.25) is 0 Å². The van der Waals surface area contributed by atoms with Crippen LogP contribution in [0, 0.1) is 11.3 Å². The Morgan fingerprint density at radius 3 is 2.41 bits per heavy atom. The summed E-state index contributed by atoms with van der Waals surface area (Å²) in [4.78, 5) is 14.7. The van der Waals surface area contributed by atoms with Gasteiger partial charge in [0.15, 0.2) is 0 Å². The molecule has 0 radical (unpaired) electrons. The fourth-order valence-electron chi connectivity index (χ4n) is 3.92. The fraction of sp³-hybridized carbons (Fsp3) is 0.250. The number of hydrogen-bond donors (Lipinski definition) is 0. The van der Waals surface area contributed by atoms with Crippen molar-refractivity contribution in [3.05, 3.63) is 72.4 Å². The number of rotatable bonds is 6. The minimum absolute atomic E-state index is 0.143. The first-order valence-corrected chi connectivity index (χ1v) is 11.9. The van der Waals surface area contributed by atoms with Crippen LogP contribution in [0.5, 0.6) is 0 Å². The molecule has 2 heterocycles. The number of amides is 1. The monoisotopic (exact) mass is 448 g/mol. The van der Waals surface area contributed by atoms with Gasteiger partial charge in [-0.15, -0.1) is 0 Å². The largest absolute Gasteiger partial charge is 0.346 e. The van der Waals surface area contributed by atoms with Crippen molar-refractivity contribution in [1.82, 2.24) is 13.8 Å². The van der Waals surface area contributed by atoms with Gasteiger partial charge in [0, 0.05) is 61.5 Å². The first-order chi connectivity index (χ1) is 15.5. The normalized spacial score (nSPS) is 15.3. The van der Waals surface area contributed by atoms with Gasteiger partial charge in [-0.3, -0.25) is 4.79 Å². The van der Waals surface area contributed by atoms with Crippen LogP contribution in [-0.2, 0) is 21.4 Å². The van der Waals surface area contributed by atoms with E-state index in [4.69, 9.17) is 5.26 Å². The Morgan fingerprint density at radius 2 is 1.69 bits per heavy atom. The van der Waals surface area contributed by atoms with Gasteiger partial charge in [0.05, 0.1) is 17.4 Å². The summed E-state index contributed by atoms with van der Waals surface area (Å²) in [5.41, 5.74) is 1.94. The third-order valence-corrected chi connectivity index (χ3v) is 7.53. The third kappa shape index (κ3) is 4.44. The maximum Gasteiger partial charge on any atom is 0.246 e. The molecular formula is C24H24N4O3S. The topological polar surface area (TPSA) is 86.4 Å². The minimum Gasteiger partial charge on any atom is -0.346 e. The SMILES string of the molecule is N#CCCn1cc(C=CC(=O)N2CCN(S(=O)(=O)c3ccccc3)CC2)c2ccccc21. The van der Waals surface area contributed by atoms with Crippen molar-refractivity contribution in [2.45, 2.75) is 17.9 Å². The maximum atomic E-state index is 12.8. The van der Waals surface area contributed by atoms with E-state index in [0.29, 0.717) is 26.1 Å². The minimum atomic E-state index is -3.54. The number of sulfonamides is 1. The smallest absolute Gasteiger partial charge is 0.246 e. The van der Waals surface area contributed by atoms with E-state index >= 15 is 0 Å². The van der Waals surface area contributed by atoms with E-state index in [2.05, 4.69) is 6.07 Å². The molecule has 8 heteroatoms. The summed E-state index contributed by atoms with van der Waals surface area (Å²) in [5.74, 6) is -0.143. The molecule has 1 aliphatic rings. The van der Waals surface area contributed by atoms with Crippen LogP contribution in [0.15, 0.2) is 71.8 Å². The van der Waals surface area contributed by atoms with Crippen molar-refractivity contribution in [1.29, 1.82) is 5.26 Å². The molecule has 1 fully saturated rings. The van der Waals surface area contributed by atoms with Gasteiger partial charge in [-0.05, 0) is 24.3 Å². The Labute approximate surface area is 187 Å². The van der Waals surface area contributed by atoms with E-state index < -0.39 is 10.0 Å². The Bertz CT molecular complexity index is 1280. The second kappa shape index (κ2) is 9.39. The van der Waals surface area contributed by atoms with E-state index in [1.54, 1.807) is 41.3 Å². The van der Waals surface area contributed by atoms with E-state index in [0.717, 1.165) is 16.5 Å². The number of nitrogens with zero attached hydrogens (tertiary/aromatic N) is 4. The van der Waals surface area contributed by atoms with Crippen molar-refractivity contribution in [3.8, 4) is 6.07 Å². The lowest BCUT2D eigenvalue weighted by Gasteiger charge is -2.33. The summed E-state index contributed by atoms with van der Waals surface area (Å²) < 4.78 is 29.0. The van der Waals surface area contributed by atoms with Crippen LogP contribution >= 0.6 is 0 Å². The first-order valence-electron chi connectivity index (χ1n) is 10.5. The molecule has 3 aromatic rings. The predicted octanol–water partition coefficient (Wildman–Crippen LogP) is 3.10. The molecule has 1 aromatic heterocycles. The number of aromatic nitrogens is 1. The molecule has 32 heavy (non-hydrogen) atoms. The van der Waals surface area contributed by atoms with Crippen LogP contribution in [0.4, 0.5) is 0 Å². The third-order valence-electron chi connectivity index (χ3n) is 5.62. The molecule has 164 valence electrons. The van der Waals surface area contributed by atoms with E-state index in [1.165, 1.54) is 10.4 Å². The van der Waals surface area contributed by atoms with Gasteiger partial charge in [0.25, 0.3) is 0 Å². The Morgan fingerprint density at radius 1 is 1.00 bits per heavy atom. The summed E-state index contributed by atoms with van der Waals surface area (Å²) in [7, 11) is -3.54. The molecule has 0 spiro atoms. The molecule has 7 nitrogen and oxygen atoms in total. The number of carbonyl (C=O) groups is 1. The van der Waals surface area contributed by atoms with Gasteiger partial charge < -0.3 is 9.47 Å². The van der Waals surface area contributed by atoms with E-state index in [9.17, 15) is 13.2 Å². The number of para-hydroxylation sites is 1. The van der Waals surface area contributed by atoms with Crippen LogP contribution in [0.1, 0.15) is 12.0 Å². The number of hydrogen-bond acceptors (Lipinski definition) is 4. The van der Waals surface area contributed by atoms with E-state index in [1.807, 2.05) is 35.0 Å². The van der Waals surface area contributed by atoms with Gasteiger partial charge in [-0.1, -0.05) is 36.4 Å². The molecule has 0 N–H and O–H groups in total. The van der Waals surface area contributed by atoms with Crippen LogP contribution < -0.4 is 0 Å². The average molecular weight is 449 g/mol. The molecule has 0 atom stereocenters. The van der Waals surface area contributed by atoms with Gasteiger partial charge >= 0.3 is 0 Å². The highest BCUT2D eigenvalue weighted by Gasteiger charge is 2.29. The highest BCUT2D eigenvalue weighted by atomic mass is 32.2. The van der Waals surface area contributed by atoms with Crippen molar-refractivity contribution < 1.29 is 13.2 Å². The van der Waals surface area contributed by atoms with Crippen LogP contribution in [-0.4, -0.2) is 54.3 Å². The van der Waals surface area contributed by atoms with Crippen molar-refractivity contribution in [2.24, 2.45) is 0 Å². The number of piperazine rings is 1. The van der Waals surface area contributed by atoms with Crippen molar-refractivity contribution in [2.75, 3.05) is 26.2 Å². The summed E-state index contributed by atoms with van der Waals surface area (Å²) >= 11 is 0. The van der Waals surface area contributed by atoms with Crippen molar-refractivity contribution in [3.63, 3.8) is 0 Å². The molecule has 0 aliphatic carbocycles. The number of benzene rings is 2.